The predicted octanol–water partition coefficient (Wildman–Crippen LogP) is 3.72. The summed E-state index contributed by atoms with van der Waals surface area (Å²) in [5.41, 5.74) is 2.05. The Kier molecular flexibility index (Phi) is 5.60. The van der Waals surface area contributed by atoms with Gasteiger partial charge in [-0.05, 0) is 48.6 Å². The molecule has 1 fully saturated rings. The third kappa shape index (κ3) is 3.90. The Morgan fingerprint density at radius 3 is 2.38 bits per heavy atom. The van der Waals surface area contributed by atoms with E-state index in [1.165, 1.54) is 15.9 Å². The minimum atomic E-state index is -3.53. The molecule has 1 aromatic heterocycles. The van der Waals surface area contributed by atoms with Crippen molar-refractivity contribution in [3.8, 4) is 0 Å². The molecule has 0 unspecified atom stereocenters. The van der Waals surface area contributed by atoms with Crippen LogP contribution < -0.4 is 0 Å². The fraction of sp³-hybridized carbons (Fsp3) is 0.316. The molecule has 0 aliphatic carbocycles. The normalized spacial score (nSPS) is 16.1. The van der Waals surface area contributed by atoms with Gasteiger partial charge in [-0.15, -0.1) is 11.3 Å². The van der Waals surface area contributed by atoms with Crippen molar-refractivity contribution in [2.45, 2.75) is 30.4 Å². The molecule has 26 heavy (non-hydrogen) atoms. The highest BCUT2D eigenvalue weighted by atomic mass is 32.2. The van der Waals surface area contributed by atoms with Crippen molar-refractivity contribution in [2.24, 2.45) is 0 Å². The zero-order chi connectivity index (χ0) is 18.7. The number of carboxylic acid groups (broad SMARTS) is 1. The lowest BCUT2D eigenvalue weighted by Crippen LogP contribution is -2.27. The second kappa shape index (κ2) is 7.73. The zero-order valence-corrected chi connectivity index (χ0v) is 16.1. The number of benzene rings is 1. The lowest BCUT2D eigenvalue weighted by molar-refractivity contribution is -0.130. The molecule has 1 N–H and O–H groups in total. The Morgan fingerprint density at radius 1 is 1.15 bits per heavy atom. The summed E-state index contributed by atoms with van der Waals surface area (Å²) in [6.45, 7) is 3.11. The van der Waals surface area contributed by atoms with Crippen LogP contribution in [0.3, 0.4) is 0 Å². The lowest BCUT2D eigenvalue weighted by Gasteiger charge is -2.13. The molecule has 0 radical (unpaired) electrons. The number of carbonyl (C=O) groups is 1. The van der Waals surface area contributed by atoms with E-state index >= 15 is 0 Å². The van der Waals surface area contributed by atoms with Gasteiger partial charge in [-0.25, -0.2) is 13.2 Å². The van der Waals surface area contributed by atoms with E-state index in [1.54, 1.807) is 12.1 Å². The minimum Gasteiger partial charge on any atom is -0.478 e. The first-order valence-electron chi connectivity index (χ1n) is 8.56. The van der Waals surface area contributed by atoms with Crippen LogP contribution in [0.1, 0.15) is 35.8 Å². The highest BCUT2D eigenvalue weighted by molar-refractivity contribution is 7.91. The Morgan fingerprint density at radius 2 is 1.81 bits per heavy atom. The molecule has 138 valence electrons. The van der Waals surface area contributed by atoms with Crippen LogP contribution in [0.25, 0.3) is 11.6 Å². The van der Waals surface area contributed by atoms with E-state index in [4.69, 9.17) is 0 Å². The molecule has 2 heterocycles. The number of aliphatic carboxylic acids is 1. The Bertz CT molecular complexity index is 921. The van der Waals surface area contributed by atoms with E-state index in [0.717, 1.165) is 36.2 Å². The van der Waals surface area contributed by atoms with Crippen molar-refractivity contribution >= 4 is 39.0 Å². The van der Waals surface area contributed by atoms with Crippen LogP contribution in [0.5, 0.6) is 0 Å². The number of hydrogen-bond acceptors (Lipinski definition) is 4. The van der Waals surface area contributed by atoms with Gasteiger partial charge in [0.25, 0.3) is 10.0 Å². The van der Waals surface area contributed by atoms with Crippen LogP contribution in [-0.4, -0.2) is 36.9 Å². The molecule has 7 heteroatoms. The Balaban J connectivity index is 1.93. The van der Waals surface area contributed by atoms with E-state index in [2.05, 4.69) is 6.92 Å². The van der Waals surface area contributed by atoms with Crippen LogP contribution in [0.15, 0.2) is 40.6 Å². The standard InChI is InChI=1S/C19H21NO4S2/c1-2-14-5-7-15(8-6-14)13-16(19(21)22)17-9-10-18(25-17)26(23,24)20-11-3-4-12-20/h5-10,13H,2-4,11-12H2,1H3,(H,21,22)/b16-13-. The van der Waals surface area contributed by atoms with Gasteiger partial charge in [-0.2, -0.15) is 4.31 Å². The molecule has 1 aliphatic heterocycles. The van der Waals surface area contributed by atoms with Crippen molar-refractivity contribution < 1.29 is 18.3 Å². The summed E-state index contributed by atoms with van der Waals surface area (Å²) >= 11 is 1.01. The summed E-state index contributed by atoms with van der Waals surface area (Å²) in [4.78, 5) is 12.2. The fourth-order valence-corrected chi connectivity index (χ4v) is 5.90. The SMILES string of the molecule is CCc1ccc(/C=C(\C(=O)O)c2ccc(S(=O)(=O)N3CCCC3)s2)cc1. The van der Waals surface area contributed by atoms with Crippen LogP contribution in [-0.2, 0) is 21.2 Å². The van der Waals surface area contributed by atoms with Gasteiger partial charge in [-0.3, -0.25) is 0 Å². The van der Waals surface area contributed by atoms with E-state index < -0.39 is 16.0 Å². The first-order chi connectivity index (χ1) is 12.4. The van der Waals surface area contributed by atoms with Gasteiger partial charge < -0.3 is 5.11 Å². The molecule has 0 saturated carbocycles. The van der Waals surface area contributed by atoms with Crippen LogP contribution in [0, 0.1) is 0 Å². The third-order valence-electron chi connectivity index (χ3n) is 4.44. The summed E-state index contributed by atoms with van der Waals surface area (Å²) in [6, 6.07) is 10.7. The quantitative estimate of drug-likeness (QED) is 0.762. The Labute approximate surface area is 157 Å². The molecule has 2 aromatic rings. The van der Waals surface area contributed by atoms with Crippen LogP contribution in [0.2, 0.25) is 0 Å². The maximum atomic E-state index is 12.6. The molecule has 1 aliphatic rings. The smallest absolute Gasteiger partial charge is 0.337 e. The minimum absolute atomic E-state index is 0.0992. The van der Waals surface area contributed by atoms with E-state index in [1.807, 2.05) is 24.3 Å². The monoisotopic (exact) mass is 391 g/mol. The number of aryl methyl sites for hydroxylation is 1. The van der Waals surface area contributed by atoms with Gasteiger partial charge in [0, 0.05) is 18.0 Å². The van der Waals surface area contributed by atoms with Crippen LogP contribution in [0.4, 0.5) is 0 Å². The van der Waals surface area contributed by atoms with E-state index in [9.17, 15) is 18.3 Å². The average Bonchev–Trinajstić information content (AvgIpc) is 3.32. The van der Waals surface area contributed by atoms with Gasteiger partial charge in [0.15, 0.2) is 0 Å². The first-order valence-corrected chi connectivity index (χ1v) is 10.8. The summed E-state index contributed by atoms with van der Waals surface area (Å²) in [5.74, 6) is -1.07. The largest absolute Gasteiger partial charge is 0.478 e. The summed E-state index contributed by atoms with van der Waals surface area (Å²) < 4.78 is 26.9. The zero-order valence-electron chi connectivity index (χ0n) is 14.5. The first kappa shape index (κ1) is 18.8. The molecule has 0 bridgehead atoms. The van der Waals surface area contributed by atoms with E-state index in [0.29, 0.717) is 18.0 Å². The van der Waals surface area contributed by atoms with Gasteiger partial charge in [0.1, 0.15) is 4.21 Å². The Hall–Kier alpha value is -1.96. The lowest BCUT2D eigenvalue weighted by atomic mass is 10.1. The van der Waals surface area contributed by atoms with Crippen molar-refractivity contribution in [1.29, 1.82) is 0 Å². The number of thiophene rings is 1. The molecule has 1 aromatic carbocycles. The molecule has 0 amide bonds. The van der Waals surface area contributed by atoms with Crippen molar-refractivity contribution in [1.82, 2.24) is 4.31 Å². The maximum Gasteiger partial charge on any atom is 0.337 e. The number of sulfonamides is 1. The maximum absolute atomic E-state index is 12.6. The topological polar surface area (TPSA) is 74.7 Å². The molecule has 3 rings (SSSR count). The van der Waals surface area contributed by atoms with Crippen molar-refractivity contribution in [3.63, 3.8) is 0 Å². The summed E-state index contributed by atoms with van der Waals surface area (Å²) in [5, 5.41) is 9.59. The van der Waals surface area contributed by atoms with Crippen molar-refractivity contribution in [3.05, 3.63) is 52.4 Å². The van der Waals surface area contributed by atoms with Crippen molar-refractivity contribution in [2.75, 3.05) is 13.1 Å². The van der Waals surface area contributed by atoms with Gasteiger partial charge in [0.05, 0.1) is 5.57 Å². The second-order valence-electron chi connectivity index (χ2n) is 6.19. The number of hydrogen-bond donors (Lipinski definition) is 1. The van der Waals surface area contributed by atoms with Gasteiger partial charge in [-0.1, -0.05) is 31.2 Å². The van der Waals surface area contributed by atoms with Crippen LogP contribution >= 0.6 is 11.3 Å². The molecular formula is C19H21NO4S2. The second-order valence-corrected chi connectivity index (χ2v) is 9.44. The van der Waals surface area contributed by atoms with Gasteiger partial charge in [0.2, 0.25) is 0 Å². The molecular weight excluding hydrogens is 370 g/mol. The number of rotatable bonds is 6. The average molecular weight is 392 g/mol. The number of carboxylic acids is 1. The molecule has 0 spiro atoms. The third-order valence-corrected chi connectivity index (χ3v) is 7.92. The molecule has 1 saturated heterocycles. The molecule has 5 nitrogen and oxygen atoms in total. The van der Waals surface area contributed by atoms with E-state index in [-0.39, 0.29) is 9.78 Å². The summed E-state index contributed by atoms with van der Waals surface area (Å²) in [6.07, 6.45) is 4.23. The number of nitrogens with zero attached hydrogens (tertiary/aromatic N) is 1. The van der Waals surface area contributed by atoms with Gasteiger partial charge >= 0.3 is 5.97 Å². The highest BCUT2D eigenvalue weighted by Crippen LogP contribution is 2.32. The molecule has 0 atom stereocenters. The fourth-order valence-electron chi connectivity index (χ4n) is 2.91. The summed E-state index contributed by atoms with van der Waals surface area (Å²) in [7, 11) is -3.53. The predicted molar refractivity (Wildman–Crippen MR) is 104 cm³/mol. The highest BCUT2D eigenvalue weighted by Gasteiger charge is 2.29.